The van der Waals surface area contributed by atoms with Gasteiger partial charge in [-0.2, -0.15) is 0 Å². The van der Waals surface area contributed by atoms with Crippen LogP contribution in [0.3, 0.4) is 0 Å². The Morgan fingerprint density at radius 1 is 1.10 bits per heavy atom. The van der Waals surface area contributed by atoms with Gasteiger partial charge in [0.15, 0.2) is 0 Å². The molecule has 1 aliphatic rings. The van der Waals surface area contributed by atoms with Gasteiger partial charge in [-0.25, -0.2) is 0 Å². The predicted molar refractivity (Wildman–Crippen MR) is 88.3 cm³/mol. The molecule has 1 rings (SSSR count). The number of likely N-dealkylation sites (tertiary alicyclic amines) is 1. The summed E-state index contributed by atoms with van der Waals surface area (Å²) in [6.45, 7) is 4.80. The van der Waals surface area contributed by atoms with Crippen molar-refractivity contribution in [3.63, 3.8) is 0 Å². The van der Waals surface area contributed by atoms with Crippen LogP contribution in [0.2, 0.25) is 3.67 Å². The molecule has 1 aliphatic heterocycles. The summed E-state index contributed by atoms with van der Waals surface area (Å²) in [6.07, 6.45) is 8.33. The Morgan fingerprint density at radius 2 is 1.70 bits per heavy atom. The van der Waals surface area contributed by atoms with E-state index in [1.54, 1.807) is 7.11 Å². The zero-order chi connectivity index (χ0) is 15.0. The van der Waals surface area contributed by atoms with Gasteiger partial charge in [0.25, 0.3) is 0 Å². The second-order valence-electron chi connectivity index (χ2n) is 6.51. The molecule has 0 aromatic carbocycles. The Labute approximate surface area is 140 Å². The first-order chi connectivity index (χ1) is 9.62. The number of ether oxygens (including phenoxy) is 2. The van der Waals surface area contributed by atoms with E-state index in [-0.39, 0.29) is 12.2 Å². The van der Waals surface area contributed by atoms with Crippen LogP contribution in [0.5, 0.6) is 0 Å². The van der Waals surface area contributed by atoms with E-state index in [0.717, 1.165) is 46.8 Å². The summed E-state index contributed by atoms with van der Waals surface area (Å²) in [5, 5.41) is 0. The SMILES string of the molecule is CCC(OC)C(CCC[CH]([InH2])C1CCN(C)CC1)OC. The van der Waals surface area contributed by atoms with Crippen LogP contribution >= 0.6 is 0 Å². The molecular formula is C16H34InNO2. The molecule has 1 fully saturated rings. The summed E-state index contributed by atoms with van der Waals surface area (Å²) in [7, 11) is 5.88. The van der Waals surface area contributed by atoms with Gasteiger partial charge >= 0.3 is 140 Å². The fourth-order valence-corrected chi connectivity index (χ4v) is 6.58. The molecule has 1 saturated heterocycles. The molecule has 0 saturated carbocycles. The molecule has 4 heteroatoms. The number of hydrogen-bond acceptors (Lipinski definition) is 3. The standard InChI is InChI=1S/C16H32NO2.In.2H/c1-5-15(18-3)16(19-4)9-7-6-8-14-10-12-17(2)13-11-14;;;/h8,14-16H,5-7,9-13H2,1-4H3;;;. The molecule has 0 amide bonds. The number of rotatable bonds is 9. The van der Waals surface area contributed by atoms with Gasteiger partial charge in [0.2, 0.25) is 0 Å². The van der Waals surface area contributed by atoms with E-state index >= 15 is 0 Å². The van der Waals surface area contributed by atoms with Crippen LogP contribution in [0.25, 0.3) is 0 Å². The van der Waals surface area contributed by atoms with Gasteiger partial charge < -0.3 is 0 Å². The first-order valence-corrected chi connectivity index (χ1v) is 11.7. The molecule has 1 heterocycles. The predicted octanol–water partition coefficient (Wildman–Crippen LogP) is 2.36. The molecule has 0 spiro atoms. The Morgan fingerprint density at radius 3 is 2.20 bits per heavy atom. The van der Waals surface area contributed by atoms with Crippen LogP contribution in [0, 0.1) is 5.92 Å². The van der Waals surface area contributed by atoms with Crippen molar-refractivity contribution in [3.8, 4) is 0 Å². The minimum absolute atomic E-state index is 0.266. The summed E-state index contributed by atoms with van der Waals surface area (Å²) in [5.74, 6) is 1.02. The molecule has 0 aliphatic carbocycles. The van der Waals surface area contributed by atoms with Gasteiger partial charge in [0.05, 0.1) is 0 Å². The van der Waals surface area contributed by atoms with Crippen molar-refractivity contribution in [1.29, 1.82) is 0 Å². The molecule has 118 valence electrons. The Bertz CT molecular complexity index is 241. The summed E-state index contributed by atoms with van der Waals surface area (Å²) >= 11 is 0.783. The van der Waals surface area contributed by atoms with Gasteiger partial charge in [0.1, 0.15) is 0 Å². The van der Waals surface area contributed by atoms with E-state index in [1.165, 1.54) is 38.8 Å². The third-order valence-corrected chi connectivity index (χ3v) is 9.48. The maximum atomic E-state index is 5.62. The quantitative estimate of drug-likeness (QED) is 0.607. The zero-order valence-corrected chi connectivity index (χ0v) is 19.9. The average Bonchev–Trinajstić information content (AvgIpc) is 2.47. The molecule has 0 radical (unpaired) electrons. The Balaban J connectivity index is 2.24. The number of hydrogen-bond donors (Lipinski definition) is 0. The van der Waals surface area contributed by atoms with Gasteiger partial charge in [-0.15, -0.1) is 0 Å². The van der Waals surface area contributed by atoms with Crippen molar-refractivity contribution in [2.45, 2.75) is 61.3 Å². The maximum absolute atomic E-state index is 5.62. The summed E-state index contributed by atoms with van der Waals surface area (Å²) < 4.78 is 12.2. The topological polar surface area (TPSA) is 21.7 Å². The molecule has 3 unspecified atom stereocenters. The summed E-state index contributed by atoms with van der Waals surface area (Å²) in [5.41, 5.74) is 0. The van der Waals surface area contributed by atoms with E-state index in [1.807, 2.05) is 7.11 Å². The van der Waals surface area contributed by atoms with E-state index in [9.17, 15) is 0 Å². The molecule has 0 aromatic rings. The van der Waals surface area contributed by atoms with Crippen molar-refractivity contribution in [2.75, 3.05) is 34.4 Å². The van der Waals surface area contributed by atoms with E-state index < -0.39 is 0 Å². The molecule has 3 nitrogen and oxygen atoms in total. The number of piperidine rings is 1. The average molecular weight is 387 g/mol. The molecule has 0 N–H and O–H groups in total. The summed E-state index contributed by atoms with van der Waals surface area (Å²) in [6, 6.07) is 0. The Hall–Kier alpha value is 0.750. The first kappa shape index (κ1) is 18.8. The molecule has 0 aromatic heterocycles. The fraction of sp³-hybridized carbons (Fsp3) is 1.00. The molecule has 3 atom stereocenters. The van der Waals surface area contributed by atoms with Gasteiger partial charge in [-0.3, -0.25) is 0 Å². The van der Waals surface area contributed by atoms with Crippen LogP contribution in [-0.4, -0.2) is 75.8 Å². The normalized spacial score (nSPS) is 22.6. The van der Waals surface area contributed by atoms with Gasteiger partial charge in [-0.1, -0.05) is 0 Å². The second-order valence-corrected chi connectivity index (χ2v) is 10.7. The van der Waals surface area contributed by atoms with Crippen molar-refractivity contribution in [1.82, 2.24) is 4.90 Å². The van der Waals surface area contributed by atoms with Crippen LogP contribution in [0.4, 0.5) is 0 Å². The zero-order valence-electron chi connectivity index (χ0n) is 14.2. The van der Waals surface area contributed by atoms with Gasteiger partial charge in [0, 0.05) is 0 Å². The third-order valence-electron chi connectivity index (χ3n) is 5.14. The second kappa shape index (κ2) is 10.5. The first-order valence-electron chi connectivity index (χ1n) is 8.36. The van der Waals surface area contributed by atoms with Crippen LogP contribution in [-0.2, 0) is 9.47 Å². The van der Waals surface area contributed by atoms with E-state index in [2.05, 4.69) is 18.9 Å². The minimum atomic E-state index is 0.266. The van der Waals surface area contributed by atoms with E-state index in [4.69, 9.17) is 9.47 Å². The number of methoxy groups -OCH3 is 2. The van der Waals surface area contributed by atoms with Crippen molar-refractivity contribution in [3.05, 3.63) is 0 Å². The number of nitrogens with zero attached hydrogens (tertiary/aromatic N) is 1. The van der Waals surface area contributed by atoms with Crippen molar-refractivity contribution >= 4 is 24.4 Å². The van der Waals surface area contributed by atoms with Crippen molar-refractivity contribution < 1.29 is 9.47 Å². The van der Waals surface area contributed by atoms with Crippen LogP contribution in [0.1, 0.15) is 45.4 Å². The molecule has 20 heavy (non-hydrogen) atoms. The molecule has 0 bridgehead atoms. The monoisotopic (exact) mass is 387 g/mol. The van der Waals surface area contributed by atoms with Crippen LogP contribution < -0.4 is 0 Å². The summed E-state index contributed by atoms with van der Waals surface area (Å²) in [4.78, 5) is 2.48. The fourth-order valence-electron chi connectivity index (χ4n) is 3.51. The van der Waals surface area contributed by atoms with Crippen LogP contribution in [0.15, 0.2) is 0 Å². The van der Waals surface area contributed by atoms with Gasteiger partial charge in [-0.05, 0) is 0 Å². The Kier molecular flexibility index (Phi) is 9.84. The van der Waals surface area contributed by atoms with E-state index in [0.29, 0.717) is 0 Å². The third kappa shape index (κ3) is 6.25. The van der Waals surface area contributed by atoms with Crippen molar-refractivity contribution in [2.24, 2.45) is 5.92 Å². The molecular weight excluding hydrogens is 353 g/mol.